The quantitative estimate of drug-likeness (QED) is 0.940. The number of nitrogens with one attached hydrogen (secondary N) is 1. The van der Waals surface area contributed by atoms with E-state index in [2.05, 4.69) is 15.6 Å². The van der Waals surface area contributed by atoms with E-state index in [1.54, 1.807) is 6.07 Å². The van der Waals surface area contributed by atoms with Crippen LogP contribution in [-0.2, 0) is 13.5 Å². The summed E-state index contributed by atoms with van der Waals surface area (Å²) < 4.78 is 7.07. The summed E-state index contributed by atoms with van der Waals surface area (Å²) in [6, 6.07) is 1.72. The van der Waals surface area contributed by atoms with Crippen molar-refractivity contribution in [3.05, 3.63) is 35.0 Å². The van der Waals surface area contributed by atoms with Crippen molar-refractivity contribution >= 4 is 5.91 Å². The fraction of sp³-hybridized carbons (Fsp3) is 0.533. The van der Waals surface area contributed by atoms with Crippen molar-refractivity contribution in [2.24, 2.45) is 7.05 Å². The SMILES string of the molecule is CC(C)c1cc(C(=O)N[C@H]2CCCc3c2cnn3C)no1. The normalized spacial score (nSPS) is 17.8. The lowest BCUT2D eigenvalue weighted by Crippen LogP contribution is -2.31. The van der Waals surface area contributed by atoms with E-state index in [4.69, 9.17) is 4.52 Å². The van der Waals surface area contributed by atoms with Crippen LogP contribution >= 0.6 is 0 Å². The summed E-state index contributed by atoms with van der Waals surface area (Å²) in [6.45, 7) is 4.01. The number of carbonyl (C=O) groups is 1. The standard InChI is InChI=1S/C15H20N4O2/c1-9(2)14-7-12(18-21-14)15(20)17-11-5-4-6-13-10(11)8-16-19(13)3/h7-9,11H,4-6H2,1-3H3,(H,17,20)/t11-/m0/s1. The molecule has 0 bridgehead atoms. The minimum Gasteiger partial charge on any atom is -0.360 e. The summed E-state index contributed by atoms with van der Waals surface area (Å²) in [5.41, 5.74) is 2.66. The fourth-order valence-electron chi connectivity index (χ4n) is 2.76. The highest BCUT2D eigenvalue weighted by Crippen LogP contribution is 2.29. The second kappa shape index (κ2) is 5.35. The van der Waals surface area contributed by atoms with Gasteiger partial charge in [-0.1, -0.05) is 19.0 Å². The molecule has 0 radical (unpaired) electrons. The highest BCUT2D eigenvalue weighted by Gasteiger charge is 2.26. The number of carbonyl (C=O) groups excluding carboxylic acids is 1. The molecular weight excluding hydrogens is 268 g/mol. The number of aryl methyl sites for hydroxylation is 1. The highest BCUT2D eigenvalue weighted by atomic mass is 16.5. The molecule has 6 heteroatoms. The van der Waals surface area contributed by atoms with Gasteiger partial charge in [0.15, 0.2) is 5.69 Å². The van der Waals surface area contributed by atoms with Gasteiger partial charge in [-0.3, -0.25) is 9.48 Å². The molecule has 1 N–H and O–H groups in total. The third kappa shape index (κ3) is 2.57. The molecule has 3 rings (SSSR count). The molecule has 0 aromatic carbocycles. The van der Waals surface area contributed by atoms with Gasteiger partial charge in [0.05, 0.1) is 12.2 Å². The highest BCUT2D eigenvalue weighted by molar-refractivity contribution is 5.92. The van der Waals surface area contributed by atoms with Gasteiger partial charge >= 0.3 is 0 Å². The summed E-state index contributed by atoms with van der Waals surface area (Å²) in [5.74, 6) is 0.761. The van der Waals surface area contributed by atoms with Gasteiger partial charge in [-0.05, 0) is 19.3 Å². The first kappa shape index (κ1) is 13.9. The first-order valence-electron chi connectivity index (χ1n) is 7.34. The molecule has 0 saturated heterocycles. The number of aromatic nitrogens is 3. The zero-order valence-corrected chi connectivity index (χ0v) is 12.6. The summed E-state index contributed by atoms with van der Waals surface area (Å²) in [4.78, 5) is 12.3. The van der Waals surface area contributed by atoms with Crippen LogP contribution in [0.2, 0.25) is 0 Å². The lowest BCUT2D eigenvalue weighted by atomic mass is 9.93. The van der Waals surface area contributed by atoms with Crippen LogP contribution in [-0.4, -0.2) is 20.8 Å². The Hall–Kier alpha value is -2.11. The third-order valence-electron chi connectivity index (χ3n) is 4.01. The molecule has 112 valence electrons. The van der Waals surface area contributed by atoms with Gasteiger partial charge in [0.25, 0.3) is 5.91 Å². The van der Waals surface area contributed by atoms with E-state index in [1.165, 1.54) is 5.69 Å². The average Bonchev–Trinajstić information content (AvgIpc) is 3.07. The van der Waals surface area contributed by atoms with Gasteiger partial charge in [0.1, 0.15) is 5.76 Å². The lowest BCUT2D eigenvalue weighted by Gasteiger charge is -2.23. The summed E-state index contributed by atoms with van der Waals surface area (Å²) in [7, 11) is 1.94. The predicted molar refractivity (Wildman–Crippen MR) is 76.9 cm³/mol. The molecule has 1 amide bonds. The van der Waals surface area contributed by atoms with Crippen molar-refractivity contribution in [3.63, 3.8) is 0 Å². The molecule has 0 spiro atoms. The van der Waals surface area contributed by atoms with Crippen molar-refractivity contribution in [2.45, 2.75) is 45.1 Å². The Kier molecular flexibility index (Phi) is 3.53. The number of hydrogen-bond donors (Lipinski definition) is 1. The largest absolute Gasteiger partial charge is 0.360 e. The number of rotatable bonds is 3. The summed E-state index contributed by atoms with van der Waals surface area (Å²) in [5, 5.41) is 11.2. The van der Waals surface area contributed by atoms with Crippen LogP contribution in [0.25, 0.3) is 0 Å². The molecule has 0 saturated carbocycles. The van der Waals surface area contributed by atoms with E-state index < -0.39 is 0 Å². The number of amides is 1. The molecule has 0 unspecified atom stereocenters. The Morgan fingerprint density at radius 2 is 2.33 bits per heavy atom. The van der Waals surface area contributed by atoms with Crippen molar-refractivity contribution in [1.82, 2.24) is 20.3 Å². The minimum atomic E-state index is -0.188. The molecule has 2 aromatic heterocycles. The van der Waals surface area contributed by atoms with Crippen LogP contribution in [0.1, 0.15) is 66.2 Å². The summed E-state index contributed by atoms with van der Waals surface area (Å²) in [6.07, 6.45) is 4.84. The Morgan fingerprint density at radius 3 is 3.05 bits per heavy atom. The molecule has 6 nitrogen and oxygen atoms in total. The van der Waals surface area contributed by atoms with Gasteiger partial charge in [-0.15, -0.1) is 0 Å². The van der Waals surface area contributed by atoms with Gasteiger partial charge in [0.2, 0.25) is 0 Å². The zero-order chi connectivity index (χ0) is 15.0. The maximum Gasteiger partial charge on any atom is 0.273 e. The fourth-order valence-corrected chi connectivity index (χ4v) is 2.76. The summed E-state index contributed by atoms with van der Waals surface area (Å²) >= 11 is 0. The maximum absolute atomic E-state index is 12.3. The molecule has 21 heavy (non-hydrogen) atoms. The molecule has 2 aromatic rings. The van der Waals surface area contributed by atoms with Crippen LogP contribution in [0.15, 0.2) is 16.8 Å². The van der Waals surface area contributed by atoms with Gasteiger partial charge in [0, 0.05) is 30.3 Å². The molecule has 1 aliphatic carbocycles. The van der Waals surface area contributed by atoms with Crippen molar-refractivity contribution in [3.8, 4) is 0 Å². The molecule has 0 fully saturated rings. The van der Waals surface area contributed by atoms with Crippen LogP contribution in [0.5, 0.6) is 0 Å². The Morgan fingerprint density at radius 1 is 1.52 bits per heavy atom. The van der Waals surface area contributed by atoms with Crippen molar-refractivity contribution < 1.29 is 9.32 Å². The van der Waals surface area contributed by atoms with Crippen LogP contribution in [0, 0.1) is 0 Å². The maximum atomic E-state index is 12.3. The Balaban J connectivity index is 1.76. The molecular formula is C15H20N4O2. The Labute approximate surface area is 123 Å². The minimum absolute atomic E-state index is 0.00847. The second-order valence-electron chi connectivity index (χ2n) is 5.86. The topological polar surface area (TPSA) is 73.0 Å². The lowest BCUT2D eigenvalue weighted by molar-refractivity contribution is 0.0923. The molecule has 1 atom stereocenters. The second-order valence-corrected chi connectivity index (χ2v) is 5.86. The van der Waals surface area contributed by atoms with E-state index in [-0.39, 0.29) is 17.9 Å². The molecule has 1 aliphatic rings. The van der Waals surface area contributed by atoms with Crippen molar-refractivity contribution in [1.29, 1.82) is 0 Å². The third-order valence-corrected chi connectivity index (χ3v) is 4.01. The number of fused-ring (bicyclic) bond motifs is 1. The van der Waals surface area contributed by atoms with Crippen LogP contribution < -0.4 is 5.32 Å². The van der Waals surface area contributed by atoms with E-state index in [9.17, 15) is 4.79 Å². The first-order valence-corrected chi connectivity index (χ1v) is 7.34. The van der Waals surface area contributed by atoms with Gasteiger partial charge in [-0.2, -0.15) is 5.10 Å². The van der Waals surface area contributed by atoms with Gasteiger partial charge in [-0.25, -0.2) is 0 Å². The van der Waals surface area contributed by atoms with Gasteiger partial charge < -0.3 is 9.84 Å². The van der Waals surface area contributed by atoms with Crippen LogP contribution in [0.3, 0.4) is 0 Å². The first-order chi connectivity index (χ1) is 10.1. The van der Waals surface area contributed by atoms with E-state index in [0.29, 0.717) is 5.69 Å². The zero-order valence-electron chi connectivity index (χ0n) is 12.6. The van der Waals surface area contributed by atoms with Crippen LogP contribution in [0.4, 0.5) is 0 Å². The number of nitrogens with zero attached hydrogens (tertiary/aromatic N) is 3. The average molecular weight is 288 g/mol. The number of hydrogen-bond acceptors (Lipinski definition) is 4. The van der Waals surface area contributed by atoms with Crippen molar-refractivity contribution in [2.75, 3.05) is 0 Å². The Bertz CT molecular complexity index is 656. The monoisotopic (exact) mass is 288 g/mol. The van der Waals surface area contributed by atoms with E-state index in [0.717, 1.165) is 30.6 Å². The predicted octanol–water partition coefficient (Wildman–Crippen LogP) is 2.34. The molecule has 2 heterocycles. The smallest absolute Gasteiger partial charge is 0.273 e. The molecule has 0 aliphatic heterocycles. The van der Waals surface area contributed by atoms with E-state index >= 15 is 0 Å². The van der Waals surface area contributed by atoms with E-state index in [1.807, 2.05) is 31.8 Å².